The number of hydrogen-bond acceptors (Lipinski definition) is 2. The van der Waals surface area contributed by atoms with Crippen LogP contribution in [0.3, 0.4) is 0 Å². The third-order valence-corrected chi connectivity index (χ3v) is 9.97. The molecule has 8 aromatic carbocycles. The molecule has 0 aromatic heterocycles. The molecule has 0 unspecified atom stereocenters. The fourth-order valence-corrected chi connectivity index (χ4v) is 7.77. The third kappa shape index (κ3) is 4.18. The predicted octanol–water partition coefficient (Wildman–Crippen LogP) is 12.7. The molecular formula is C45H34N2. The molecule has 0 atom stereocenters. The molecule has 2 heteroatoms. The first-order chi connectivity index (χ1) is 23.1. The van der Waals surface area contributed by atoms with Crippen molar-refractivity contribution >= 4 is 66.4 Å². The van der Waals surface area contributed by atoms with Gasteiger partial charge in [-0.15, -0.1) is 0 Å². The lowest BCUT2D eigenvalue weighted by atomic mass is 9.72. The van der Waals surface area contributed by atoms with Gasteiger partial charge in [-0.3, -0.25) is 0 Å². The van der Waals surface area contributed by atoms with Gasteiger partial charge in [-0.25, -0.2) is 0 Å². The Balaban J connectivity index is 1.40. The SMILES string of the molecule is CC1(C)c2ccccc2N(c2ccccc2)c2c1ccc1c2ccc2c(N(c3ccccc3)c3ccccc3)c3ccccc3cc21. The number of benzene rings is 8. The highest BCUT2D eigenvalue weighted by Crippen LogP contribution is 2.55. The Hall–Kier alpha value is -5.86. The van der Waals surface area contributed by atoms with Crippen LogP contribution in [0.25, 0.3) is 32.3 Å². The summed E-state index contributed by atoms with van der Waals surface area (Å²) in [6.07, 6.45) is 0. The maximum atomic E-state index is 2.48. The van der Waals surface area contributed by atoms with Crippen molar-refractivity contribution in [2.45, 2.75) is 19.3 Å². The molecule has 1 aliphatic rings. The first-order valence-electron chi connectivity index (χ1n) is 16.4. The minimum Gasteiger partial charge on any atom is -0.309 e. The summed E-state index contributed by atoms with van der Waals surface area (Å²) in [6.45, 7) is 4.73. The van der Waals surface area contributed by atoms with Crippen molar-refractivity contribution in [3.05, 3.63) is 181 Å². The summed E-state index contributed by atoms with van der Waals surface area (Å²) in [6, 6.07) is 61.9. The van der Waals surface area contributed by atoms with Crippen LogP contribution in [-0.2, 0) is 5.41 Å². The molecule has 0 aliphatic carbocycles. The smallest absolute Gasteiger partial charge is 0.0618 e. The van der Waals surface area contributed by atoms with E-state index in [0.717, 1.165) is 11.4 Å². The Morgan fingerprint density at radius 3 is 1.74 bits per heavy atom. The van der Waals surface area contributed by atoms with E-state index in [1.807, 2.05) is 0 Å². The van der Waals surface area contributed by atoms with E-state index in [-0.39, 0.29) is 5.41 Å². The molecule has 0 N–H and O–H groups in total. The molecule has 1 heterocycles. The number of anilines is 6. The van der Waals surface area contributed by atoms with E-state index in [0.29, 0.717) is 0 Å². The Bertz CT molecular complexity index is 2390. The second-order valence-corrected chi connectivity index (χ2v) is 13.0. The summed E-state index contributed by atoms with van der Waals surface area (Å²) in [5, 5.41) is 7.44. The highest BCUT2D eigenvalue weighted by molar-refractivity contribution is 6.23. The van der Waals surface area contributed by atoms with Crippen LogP contribution < -0.4 is 9.80 Å². The predicted molar refractivity (Wildman–Crippen MR) is 200 cm³/mol. The van der Waals surface area contributed by atoms with Crippen molar-refractivity contribution < 1.29 is 0 Å². The largest absolute Gasteiger partial charge is 0.309 e. The molecule has 0 bridgehead atoms. The van der Waals surface area contributed by atoms with Crippen LogP contribution in [0.1, 0.15) is 25.0 Å². The topological polar surface area (TPSA) is 6.48 Å². The summed E-state index contributed by atoms with van der Waals surface area (Å²) in [7, 11) is 0. The van der Waals surface area contributed by atoms with Crippen molar-refractivity contribution in [3.63, 3.8) is 0 Å². The van der Waals surface area contributed by atoms with Gasteiger partial charge in [-0.05, 0) is 75.8 Å². The summed E-state index contributed by atoms with van der Waals surface area (Å²) in [4.78, 5) is 4.90. The summed E-state index contributed by atoms with van der Waals surface area (Å²) in [5.74, 6) is 0. The van der Waals surface area contributed by atoms with Crippen molar-refractivity contribution in [2.24, 2.45) is 0 Å². The molecule has 1 aliphatic heterocycles. The molecule has 0 saturated carbocycles. The maximum absolute atomic E-state index is 2.48. The van der Waals surface area contributed by atoms with E-state index in [9.17, 15) is 0 Å². The standard InChI is InChI=1S/C45H34N2/c1-45(2)40-24-14-15-25-42(40)47(34-21-10-5-11-22-34)44-37-26-27-38-39(36(37)28-29-41(44)45)30-31-16-12-13-23-35(31)43(38)46(32-17-6-3-7-18-32)33-19-8-4-9-20-33/h3-30H,1-2H3. The number of rotatable bonds is 4. The zero-order chi connectivity index (χ0) is 31.5. The lowest BCUT2D eigenvalue weighted by molar-refractivity contribution is 0.633. The molecular weight excluding hydrogens is 569 g/mol. The van der Waals surface area contributed by atoms with Gasteiger partial charge in [-0.2, -0.15) is 0 Å². The van der Waals surface area contributed by atoms with E-state index in [4.69, 9.17) is 0 Å². The molecule has 0 saturated heterocycles. The van der Waals surface area contributed by atoms with Gasteiger partial charge in [0.25, 0.3) is 0 Å². The third-order valence-electron chi connectivity index (χ3n) is 9.97. The second kappa shape index (κ2) is 10.6. The monoisotopic (exact) mass is 602 g/mol. The first kappa shape index (κ1) is 27.5. The van der Waals surface area contributed by atoms with Crippen LogP contribution in [0.2, 0.25) is 0 Å². The minimum absolute atomic E-state index is 0.160. The molecule has 2 nitrogen and oxygen atoms in total. The van der Waals surface area contributed by atoms with Gasteiger partial charge in [0.1, 0.15) is 0 Å². The molecule has 0 fully saturated rings. The Kier molecular flexibility index (Phi) is 6.20. The highest BCUT2D eigenvalue weighted by Gasteiger charge is 2.38. The fraction of sp³-hybridized carbons (Fsp3) is 0.0667. The molecule has 9 rings (SSSR count). The van der Waals surface area contributed by atoms with E-state index >= 15 is 0 Å². The lowest BCUT2D eigenvalue weighted by Gasteiger charge is -2.42. The quantitative estimate of drug-likeness (QED) is 0.146. The number of fused-ring (bicyclic) bond motifs is 7. The maximum Gasteiger partial charge on any atom is 0.0618 e. The summed E-state index contributed by atoms with van der Waals surface area (Å²) in [5.41, 5.74) is 9.65. The Labute approximate surface area is 275 Å². The van der Waals surface area contributed by atoms with Gasteiger partial charge in [0.05, 0.1) is 17.1 Å². The Morgan fingerprint density at radius 2 is 1.02 bits per heavy atom. The van der Waals surface area contributed by atoms with Gasteiger partial charge < -0.3 is 9.80 Å². The van der Waals surface area contributed by atoms with Crippen molar-refractivity contribution in [3.8, 4) is 0 Å². The zero-order valence-corrected chi connectivity index (χ0v) is 26.6. The minimum atomic E-state index is -0.160. The van der Waals surface area contributed by atoms with E-state index in [2.05, 4.69) is 194 Å². The zero-order valence-electron chi connectivity index (χ0n) is 26.6. The fourth-order valence-electron chi connectivity index (χ4n) is 7.77. The van der Waals surface area contributed by atoms with E-state index in [1.165, 1.54) is 66.2 Å². The van der Waals surface area contributed by atoms with Crippen LogP contribution in [0, 0.1) is 0 Å². The van der Waals surface area contributed by atoms with Crippen LogP contribution >= 0.6 is 0 Å². The number of para-hydroxylation sites is 4. The van der Waals surface area contributed by atoms with Crippen LogP contribution in [0.15, 0.2) is 170 Å². The van der Waals surface area contributed by atoms with Crippen LogP contribution in [-0.4, -0.2) is 0 Å². The number of nitrogens with zero attached hydrogens (tertiary/aromatic N) is 2. The van der Waals surface area contributed by atoms with Crippen LogP contribution in [0.5, 0.6) is 0 Å². The van der Waals surface area contributed by atoms with Crippen LogP contribution in [0.4, 0.5) is 34.1 Å². The van der Waals surface area contributed by atoms with Crippen molar-refractivity contribution in [2.75, 3.05) is 9.80 Å². The first-order valence-corrected chi connectivity index (χ1v) is 16.4. The molecule has 0 spiro atoms. The average Bonchev–Trinajstić information content (AvgIpc) is 3.13. The van der Waals surface area contributed by atoms with Crippen molar-refractivity contribution in [1.82, 2.24) is 0 Å². The van der Waals surface area contributed by atoms with Gasteiger partial charge in [0, 0.05) is 38.6 Å². The van der Waals surface area contributed by atoms with Gasteiger partial charge in [0.15, 0.2) is 0 Å². The Morgan fingerprint density at radius 1 is 0.447 bits per heavy atom. The molecule has 224 valence electrons. The normalized spacial score (nSPS) is 13.4. The van der Waals surface area contributed by atoms with Gasteiger partial charge >= 0.3 is 0 Å². The van der Waals surface area contributed by atoms with E-state index < -0.39 is 0 Å². The van der Waals surface area contributed by atoms with Crippen molar-refractivity contribution in [1.29, 1.82) is 0 Å². The molecule has 0 amide bonds. The lowest BCUT2D eigenvalue weighted by Crippen LogP contribution is -2.30. The highest BCUT2D eigenvalue weighted by atomic mass is 15.2. The van der Waals surface area contributed by atoms with Gasteiger partial charge in [0.2, 0.25) is 0 Å². The molecule has 47 heavy (non-hydrogen) atoms. The number of hydrogen-bond donors (Lipinski definition) is 0. The summed E-state index contributed by atoms with van der Waals surface area (Å²) < 4.78 is 0. The average molecular weight is 603 g/mol. The van der Waals surface area contributed by atoms with Gasteiger partial charge in [-0.1, -0.05) is 135 Å². The second-order valence-electron chi connectivity index (χ2n) is 13.0. The summed E-state index contributed by atoms with van der Waals surface area (Å²) >= 11 is 0. The van der Waals surface area contributed by atoms with E-state index in [1.54, 1.807) is 0 Å². The molecule has 8 aromatic rings. The molecule has 0 radical (unpaired) electrons.